The van der Waals surface area contributed by atoms with Crippen LogP contribution in [-0.4, -0.2) is 23.0 Å². The van der Waals surface area contributed by atoms with Crippen molar-refractivity contribution in [2.24, 2.45) is 5.92 Å². The highest BCUT2D eigenvalue weighted by molar-refractivity contribution is 5.24. The Morgan fingerprint density at radius 1 is 1.18 bits per heavy atom. The van der Waals surface area contributed by atoms with Crippen molar-refractivity contribution in [1.29, 1.82) is 0 Å². The fraction of sp³-hybridized carbons (Fsp3) is 0.421. The van der Waals surface area contributed by atoms with Gasteiger partial charge in [-0.2, -0.15) is 0 Å². The van der Waals surface area contributed by atoms with E-state index in [0.717, 1.165) is 42.9 Å². The summed E-state index contributed by atoms with van der Waals surface area (Å²) in [5.74, 6) is 0.540. The molecule has 2 aromatic rings. The Kier molecular flexibility index (Phi) is 4.53. The van der Waals surface area contributed by atoms with Crippen LogP contribution in [0.3, 0.4) is 0 Å². The van der Waals surface area contributed by atoms with Crippen molar-refractivity contribution < 1.29 is 4.39 Å². The van der Waals surface area contributed by atoms with Crippen molar-refractivity contribution >= 4 is 0 Å². The van der Waals surface area contributed by atoms with Gasteiger partial charge in [0.15, 0.2) is 0 Å². The first-order chi connectivity index (χ1) is 10.6. The summed E-state index contributed by atoms with van der Waals surface area (Å²) in [6, 6.07) is 9.87. The molecule has 1 aromatic heterocycles. The fourth-order valence-corrected chi connectivity index (χ4v) is 3.17. The molecule has 0 bridgehead atoms. The first kappa shape index (κ1) is 15.2. The van der Waals surface area contributed by atoms with Crippen LogP contribution < -0.4 is 0 Å². The maximum atomic E-state index is 13.6. The van der Waals surface area contributed by atoms with Crippen molar-refractivity contribution in [3.05, 3.63) is 64.7 Å². The lowest BCUT2D eigenvalue weighted by atomic mass is 9.98. The van der Waals surface area contributed by atoms with Gasteiger partial charge in [-0.1, -0.05) is 18.2 Å². The van der Waals surface area contributed by atoms with Crippen LogP contribution >= 0.6 is 0 Å². The van der Waals surface area contributed by atoms with Gasteiger partial charge in [-0.3, -0.25) is 9.88 Å². The first-order valence-electron chi connectivity index (χ1n) is 7.99. The predicted octanol–water partition coefficient (Wildman–Crippen LogP) is 3.90. The van der Waals surface area contributed by atoms with E-state index in [0.29, 0.717) is 5.92 Å². The predicted molar refractivity (Wildman–Crippen MR) is 87.2 cm³/mol. The average molecular weight is 298 g/mol. The molecule has 2 heterocycles. The van der Waals surface area contributed by atoms with Crippen LogP contribution in [0, 0.1) is 25.6 Å². The lowest BCUT2D eigenvalue weighted by molar-refractivity contribution is 0.316. The molecule has 3 rings (SSSR count). The second-order valence-electron chi connectivity index (χ2n) is 6.49. The summed E-state index contributed by atoms with van der Waals surface area (Å²) < 4.78 is 13.6. The topological polar surface area (TPSA) is 16.1 Å². The highest BCUT2D eigenvalue weighted by atomic mass is 19.1. The van der Waals surface area contributed by atoms with E-state index >= 15 is 0 Å². The van der Waals surface area contributed by atoms with Gasteiger partial charge in [-0.05, 0) is 68.0 Å². The van der Waals surface area contributed by atoms with E-state index in [1.165, 1.54) is 12.0 Å². The molecule has 2 nitrogen and oxygen atoms in total. The molecule has 0 amide bonds. The molecule has 22 heavy (non-hydrogen) atoms. The molecule has 0 aliphatic carbocycles. The molecule has 0 N–H and O–H groups in total. The van der Waals surface area contributed by atoms with E-state index in [-0.39, 0.29) is 5.82 Å². The number of hydrogen-bond donors (Lipinski definition) is 0. The Balaban J connectivity index is 1.55. The van der Waals surface area contributed by atoms with Crippen molar-refractivity contribution in [1.82, 2.24) is 9.88 Å². The smallest absolute Gasteiger partial charge is 0.126 e. The van der Waals surface area contributed by atoms with Crippen LogP contribution in [0.4, 0.5) is 4.39 Å². The molecular weight excluding hydrogens is 275 g/mol. The molecule has 0 radical (unpaired) electrons. The maximum absolute atomic E-state index is 13.6. The average Bonchev–Trinajstić information content (AvgIpc) is 2.93. The number of aromatic nitrogens is 1. The van der Waals surface area contributed by atoms with Crippen LogP contribution in [0.5, 0.6) is 0 Å². The summed E-state index contributed by atoms with van der Waals surface area (Å²) in [5.41, 5.74) is 4.17. The van der Waals surface area contributed by atoms with Crippen LogP contribution in [0.15, 0.2) is 36.5 Å². The Morgan fingerprint density at radius 2 is 2.00 bits per heavy atom. The molecule has 1 fully saturated rings. The number of hydrogen-bond acceptors (Lipinski definition) is 2. The quantitative estimate of drug-likeness (QED) is 0.851. The van der Waals surface area contributed by atoms with E-state index in [9.17, 15) is 4.39 Å². The van der Waals surface area contributed by atoms with Crippen molar-refractivity contribution in [3.8, 4) is 0 Å². The van der Waals surface area contributed by atoms with Crippen LogP contribution in [-0.2, 0) is 13.0 Å². The largest absolute Gasteiger partial charge is 0.299 e. The van der Waals surface area contributed by atoms with E-state index in [4.69, 9.17) is 0 Å². The zero-order valence-electron chi connectivity index (χ0n) is 13.3. The number of likely N-dealkylation sites (tertiary alicyclic amines) is 1. The summed E-state index contributed by atoms with van der Waals surface area (Å²) in [6.45, 7) is 6.99. The second kappa shape index (κ2) is 6.57. The molecule has 1 aliphatic rings. The summed E-state index contributed by atoms with van der Waals surface area (Å²) in [6.07, 6.45) is 4.13. The zero-order chi connectivity index (χ0) is 15.5. The van der Waals surface area contributed by atoms with Gasteiger partial charge < -0.3 is 0 Å². The monoisotopic (exact) mass is 298 g/mol. The number of aryl methyl sites for hydroxylation is 2. The minimum absolute atomic E-state index is 0.0851. The highest BCUT2D eigenvalue weighted by Gasteiger charge is 2.22. The van der Waals surface area contributed by atoms with Crippen molar-refractivity contribution in [3.63, 3.8) is 0 Å². The van der Waals surface area contributed by atoms with Gasteiger partial charge in [0.25, 0.3) is 0 Å². The molecule has 0 spiro atoms. The Morgan fingerprint density at radius 3 is 2.73 bits per heavy atom. The van der Waals surface area contributed by atoms with Crippen molar-refractivity contribution in [2.75, 3.05) is 13.1 Å². The maximum Gasteiger partial charge on any atom is 0.126 e. The van der Waals surface area contributed by atoms with Gasteiger partial charge in [-0.15, -0.1) is 0 Å². The molecule has 1 unspecified atom stereocenters. The van der Waals surface area contributed by atoms with Crippen LogP contribution in [0.2, 0.25) is 0 Å². The van der Waals surface area contributed by atoms with Gasteiger partial charge in [-0.25, -0.2) is 4.39 Å². The van der Waals surface area contributed by atoms with E-state index < -0.39 is 0 Å². The van der Waals surface area contributed by atoms with Crippen molar-refractivity contribution in [2.45, 2.75) is 33.2 Å². The summed E-state index contributed by atoms with van der Waals surface area (Å²) in [4.78, 5) is 6.83. The third kappa shape index (κ3) is 3.72. The van der Waals surface area contributed by atoms with Crippen LogP contribution in [0.25, 0.3) is 0 Å². The lowest BCUT2D eigenvalue weighted by Crippen LogP contribution is -2.20. The highest BCUT2D eigenvalue weighted by Crippen LogP contribution is 2.23. The molecule has 1 saturated heterocycles. The third-order valence-corrected chi connectivity index (χ3v) is 4.51. The standard InChI is InChI=1S/C19H23FN2/c1-14-3-5-16(10-19(14)20)9-17-7-8-22(12-17)13-18-6-4-15(2)21-11-18/h3-6,10-11,17H,7-9,12-13H2,1-2H3. The Bertz CT molecular complexity index is 636. The Labute approximate surface area is 132 Å². The van der Waals surface area contributed by atoms with Gasteiger partial charge in [0.1, 0.15) is 5.82 Å². The normalized spacial score (nSPS) is 18.8. The zero-order valence-corrected chi connectivity index (χ0v) is 13.3. The number of rotatable bonds is 4. The molecule has 1 aromatic carbocycles. The minimum Gasteiger partial charge on any atom is -0.299 e. The molecule has 3 heteroatoms. The van der Waals surface area contributed by atoms with E-state index in [1.54, 1.807) is 6.07 Å². The summed E-state index contributed by atoms with van der Waals surface area (Å²) in [7, 11) is 0. The molecule has 0 saturated carbocycles. The SMILES string of the molecule is Cc1ccc(CN2CCC(Cc3ccc(C)c(F)c3)C2)cn1. The van der Waals surface area contributed by atoms with E-state index in [2.05, 4.69) is 28.1 Å². The first-order valence-corrected chi connectivity index (χ1v) is 7.99. The second-order valence-corrected chi connectivity index (χ2v) is 6.49. The molecule has 1 atom stereocenters. The molecule has 1 aliphatic heterocycles. The number of benzene rings is 1. The molecule has 116 valence electrons. The van der Waals surface area contributed by atoms with Gasteiger partial charge >= 0.3 is 0 Å². The van der Waals surface area contributed by atoms with Gasteiger partial charge in [0.05, 0.1) is 0 Å². The molecular formula is C19H23FN2. The number of nitrogens with zero attached hydrogens (tertiary/aromatic N) is 2. The lowest BCUT2D eigenvalue weighted by Gasteiger charge is -2.16. The number of pyridine rings is 1. The minimum atomic E-state index is -0.0851. The van der Waals surface area contributed by atoms with Crippen LogP contribution in [0.1, 0.15) is 28.8 Å². The third-order valence-electron chi connectivity index (χ3n) is 4.51. The Hall–Kier alpha value is -1.74. The number of halogens is 1. The summed E-state index contributed by atoms with van der Waals surface area (Å²) >= 11 is 0. The van der Waals surface area contributed by atoms with Gasteiger partial charge in [0.2, 0.25) is 0 Å². The van der Waals surface area contributed by atoms with Gasteiger partial charge in [0, 0.05) is 25.0 Å². The van der Waals surface area contributed by atoms with E-state index in [1.807, 2.05) is 26.1 Å². The fourth-order valence-electron chi connectivity index (χ4n) is 3.17. The summed E-state index contributed by atoms with van der Waals surface area (Å²) in [5, 5.41) is 0.